The highest BCUT2D eigenvalue weighted by molar-refractivity contribution is 5.96. The van der Waals surface area contributed by atoms with E-state index in [0.717, 1.165) is 11.1 Å². The first-order chi connectivity index (χ1) is 12.1. The predicted molar refractivity (Wildman–Crippen MR) is 89.1 cm³/mol. The second-order valence-corrected chi connectivity index (χ2v) is 5.63. The van der Waals surface area contributed by atoms with Gasteiger partial charge in [0.05, 0.1) is 11.1 Å². The number of likely N-dealkylation sites (N-methyl/N-ethyl adjacent to an activating group) is 1. The van der Waals surface area contributed by atoms with Crippen LogP contribution in [-0.4, -0.2) is 31.5 Å². The van der Waals surface area contributed by atoms with Crippen molar-refractivity contribution in [2.24, 2.45) is 0 Å². The van der Waals surface area contributed by atoms with Crippen LogP contribution < -0.4 is 5.32 Å². The van der Waals surface area contributed by atoms with E-state index in [-0.39, 0.29) is 12.5 Å². The van der Waals surface area contributed by atoms with Crippen molar-refractivity contribution >= 4 is 17.8 Å². The average molecular weight is 339 g/mol. The van der Waals surface area contributed by atoms with Gasteiger partial charge in [-0.15, -0.1) is 0 Å². The molecule has 0 spiro atoms. The van der Waals surface area contributed by atoms with E-state index in [9.17, 15) is 14.4 Å². The van der Waals surface area contributed by atoms with Crippen LogP contribution in [0.2, 0.25) is 0 Å². The summed E-state index contributed by atoms with van der Waals surface area (Å²) >= 11 is 0. The minimum absolute atomic E-state index is 0.296. The van der Waals surface area contributed by atoms with Gasteiger partial charge in [-0.2, -0.15) is 0 Å². The molecule has 128 valence electrons. The lowest BCUT2D eigenvalue weighted by molar-refractivity contribution is -0.123. The quantitative estimate of drug-likeness (QED) is 0.862. The maximum Gasteiger partial charge on any atom is 0.339 e. The van der Waals surface area contributed by atoms with E-state index in [1.54, 1.807) is 12.1 Å². The molecule has 1 aliphatic heterocycles. The highest BCUT2D eigenvalue weighted by Crippen LogP contribution is 2.31. The van der Waals surface area contributed by atoms with Crippen molar-refractivity contribution in [3.05, 3.63) is 70.8 Å². The maximum absolute atomic E-state index is 12.2. The highest BCUT2D eigenvalue weighted by Gasteiger charge is 2.28. The molecule has 1 N–H and O–H groups in total. The second-order valence-electron chi connectivity index (χ2n) is 5.63. The number of carbonyl (C=O) groups excluding carboxylic acids is 3. The summed E-state index contributed by atoms with van der Waals surface area (Å²) in [6.07, 6.45) is 0.0834. The molecule has 6 nitrogen and oxygen atoms in total. The summed E-state index contributed by atoms with van der Waals surface area (Å²) in [5.41, 5.74) is 2.35. The van der Waals surface area contributed by atoms with E-state index in [0.29, 0.717) is 17.5 Å². The summed E-state index contributed by atoms with van der Waals surface area (Å²) < 4.78 is 10.4. The van der Waals surface area contributed by atoms with E-state index < -0.39 is 18.0 Å². The van der Waals surface area contributed by atoms with Crippen LogP contribution in [0, 0.1) is 0 Å². The third-order valence-corrected chi connectivity index (χ3v) is 4.00. The molecule has 1 heterocycles. The third-order valence-electron chi connectivity index (χ3n) is 4.00. The Hall–Kier alpha value is -3.15. The molecule has 0 saturated heterocycles. The van der Waals surface area contributed by atoms with E-state index in [2.05, 4.69) is 5.32 Å². The fourth-order valence-electron chi connectivity index (χ4n) is 2.66. The number of carbonyl (C=O) groups is 3. The summed E-state index contributed by atoms with van der Waals surface area (Å²) in [4.78, 5) is 35.5. The van der Waals surface area contributed by atoms with Crippen molar-refractivity contribution in [2.75, 3.05) is 13.7 Å². The van der Waals surface area contributed by atoms with Crippen LogP contribution in [0.1, 0.15) is 37.9 Å². The number of cyclic esters (lactones) is 1. The molecule has 1 aliphatic rings. The largest absolute Gasteiger partial charge is 0.454 e. The van der Waals surface area contributed by atoms with E-state index in [1.165, 1.54) is 13.1 Å². The van der Waals surface area contributed by atoms with Gasteiger partial charge in [-0.3, -0.25) is 4.79 Å². The summed E-state index contributed by atoms with van der Waals surface area (Å²) in [5, 5.41) is 2.37. The number of hydrogen-bond acceptors (Lipinski definition) is 5. The Morgan fingerprint density at radius 2 is 1.96 bits per heavy atom. The highest BCUT2D eigenvalue weighted by atomic mass is 16.5. The van der Waals surface area contributed by atoms with Gasteiger partial charge in [0, 0.05) is 13.5 Å². The zero-order chi connectivity index (χ0) is 17.8. The molecule has 3 rings (SSSR count). The first-order valence-electron chi connectivity index (χ1n) is 7.85. The van der Waals surface area contributed by atoms with Gasteiger partial charge < -0.3 is 14.8 Å². The molecule has 0 saturated carbocycles. The van der Waals surface area contributed by atoms with Crippen LogP contribution in [0.3, 0.4) is 0 Å². The van der Waals surface area contributed by atoms with Crippen molar-refractivity contribution in [3.8, 4) is 0 Å². The fourth-order valence-corrected chi connectivity index (χ4v) is 2.66. The van der Waals surface area contributed by atoms with E-state index in [1.807, 2.05) is 30.3 Å². The van der Waals surface area contributed by atoms with Crippen molar-refractivity contribution in [2.45, 2.75) is 12.5 Å². The Morgan fingerprint density at radius 3 is 2.68 bits per heavy atom. The van der Waals surface area contributed by atoms with Crippen LogP contribution in [0.4, 0.5) is 0 Å². The number of fused-ring (bicyclic) bond motifs is 1. The molecule has 0 aromatic heterocycles. The van der Waals surface area contributed by atoms with E-state index in [4.69, 9.17) is 9.47 Å². The molecule has 2 aromatic carbocycles. The van der Waals surface area contributed by atoms with Gasteiger partial charge in [0.1, 0.15) is 6.10 Å². The van der Waals surface area contributed by atoms with Crippen LogP contribution in [0.5, 0.6) is 0 Å². The van der Waals surface area contributed by atoms with Crippen molar-refractivity contribution in [3.63, 3.8) is 0 Å². The average Bonchev–Trinajstić information content (AvgIpc) is 2.65. The van der Waals surface area contributed by atoms with Gasteiger partial charge in [0.15, 0.2) is 6.61 Å². The lowest BCUT2D eigenvalue weighted by Crippen LogP contribution is -2.25. The Bertz CT molecular complexity index is 816. The van der Waals surface area contributed by atoms with Crippen LogP contribution in [0.25, 0.3) is 0 Å². The van der Waals surface area contributed by atoms with Crippen molar-refractivity contribution < 1.29 is 23.9 Å². The first kappa shape index (κ1) is 16.7. The number of esters is 2. The number of amides is 1. The van der Waals surface area contributed by atoms with Crippen molar-refractivity contribution in [1.82, 2.24) is 5.32 Å². The Balaban J connectivity index is 1.80. The predicted octanol–water partition coefficient (Wildman–Crippen LogP) is 2.04. The Labute approximate surface area is 144 Å². The lowest BCUT2D eigenvalue weighted by atomic mass is 9.93. The molecule has 25 heavy (non-hydrogen) atoms. The van der Waals surface area contributed by atoms with Gasteiger partial charge in [0.25, 0.3) is 5.91 Å². The van der Waals surface area contributed by atoms with Crippen molar-refractivity contribution in [1.29, 1.82) is 0 Å². The van der Waals surface area contributed by atoms with Gasteiger partial charge >= 0.3 is 11.9 Å². The molecule has 1 amide bonds. The third kappa shape index (κ3) is 3.68. The molecule has 0 fully saturated rings. The zero-order valence-electron chi connectivity index (χ0n) is 13.7. The molecule has 2 aromatic rings. The standard InChI is InChI=1S/C19H17NO5/c1-20-17(21)11-24-18(22)13-7-8-15-14(9-13)10-16(25-19(15)23)12-5-3-2-4-6-12/h2-9,16H,10-11H2,1H3,(H,20,21). The van der Waals surface area contributed by atoms with Crippen LogP contribution in [0.15, 0.2) is 48.5 Å². The summed E-state index contributed by atoms with van der Waals surface area (Å²) in [6, 6.07) is 14.1. The summed E-state index contributed by atoms with van der Waals surface area (Å²) in [7, 11) is 1.46. The van der Waals surface area contributed by atoms with Gasteiger partial charge in [0.2, 0.25) is 0 Å². The molecule has 1 unspecified atom stereocenters. The number of benzene rings is 2. The minimum Gasteiger partial charge on any atom is -0.454 e. The van der Waals surface area contributed by atoms with Crippen LogP contribution in [-0.2, 0) is 20.7 Å². The normalized spacial score (nSPS) is 15.7. The topological polar surface area (TPSA) is 81.7 Å². The number of ether oxygens (including phenoxy) is 2. The smallest absolute Gasteiger partial charge is 0.339 e. The first-order valence-corrected chi connectivity index (χ1v) is 7.85. The van der Waals surface area contributed by atoms with Gasteiger partial charge in [-0.1, -0.05) is 30.3 Å². The molecule has 0 aliphatic carbocycles. The maximum atomic E-state index is 12.2. The SMILES string of the molecule is CNC(=O)COC(=O)c1ccc2c(c1)CC(c1ccccc1)OC2=O. The Kier molecular flexibility index (Phi) is 4.79. The van der Waals surface area contributed by atoms with Gasteiger partial charge in [-0.25, -0.2) is 9.59 Å². The zero-order valence-corrected chi connectivity index (χ0v) is 13.7. The number of rotatable bonds is 4. The molecular weight excluding hydrogens is 322 g/mol. The molecule has 0 bridgehead atoms. The minimum atomic E-state index is -0.610. The fraction of sp³-hybridized carbons (Fsp3) is 0.211. The molecule has 0 radical (unpaired) electrons. The molecule has 6 heteroatoms. The summed E-state index contributed by atoms with van der Waals surface area (Å²) in [5.74, 6) is -1.42. The summed E-state index contributed by atoms with van der Waals surface area (Å²) in [6.45, 7) is -0.346. The molecule has 1 atom stereocenters. The molecular formula is C19H17NO5. The van der Waals surface area contributed by atoms with Crippen LogP contribution >= 0.6 is 0 Å². The number of hydrogen-bond donors (Lipinski definition) is 1. The Morgan fingerprint density at radius 1 is 1.20 bits per heavy atom. The number of nitrogens with one attached hydrogen (secondary N) is 1. The second kappa shape index (κ2) is 7.17. The monoisotopic (exact) mass is 339 g/mol. The lowest BCUT2D eigenvalue weighted by Gasteiger charge is -2.25. The van der Waals surface area contributed by atoms with E-state index >= 15 is 0 Å². The van der Waals surface area contributed by atoms with Gasteiger partial charge in [-0.05, 0) is 29.3 Å².